The van der Waals surface area contributed by atoms with E-state index in [1.165, 1.54) is 13.2 Å². The Morgan fingerprint density at radius 1 is 1.56 bits per heavy atom. The lowest BCUT2D eigenvalue weighted by Gasteiger charge is -2.05. The molecular formula is C11H12N2O3. The minimum Gasteiger partial charge on any atom is -0.490 e. The standard InChI is InChI=1S/C11H12N2O3/c1-3-4-7-12-9-5-6-10(13(14)15)11(8-9)16-2/h5-6,8,12H,7H2,1-2H3. The number of hydrogen-bond donors (Lipinski definition) is 1. The molecule has 0 amide bonds. The molecule has 1 N–H and O–H groups in total. The van der Waals surface area contributed by atoms with Gasteiger partial charge in [0.15, 0.2) is 5.75 Å². The lowest BCUT2D eigenvalue weighted by atomic mass is 10.2. The van der Waals surface area contributed by atoms with Crippen molar-refractivity contribution in [2.75, 3.05) is 19.0 Å². The smallest absolute Gasteiger partial charge is 0.311 e. The van der Waals surface area contributed by atoms with E-state index in [0.717, 1.165) is 5.69 Å². The highest BCUT2D eigenvalue weighted by atomic mass is 16.6. The summed E-state index contributed by atoms with van der Waals surface area (Å²) in [5, 5.41) is 13.6. The van der Waals surface area contributed by atoms with E-state index in [2.05, 4.69) is 17.2 Å². The van der Waals surface area contributed by atoms with Crippen LogP contribution >= 0.6 is 0 Å². The zero-order chi connectivity index (χ0) is 12.0. The van der Waals surface area contributed by atoms with Crippen LogP contribution in [0.15, 0.2) is 18.2 Å². The van der Waals surface area contributed by atoms with Crippen LogP contribution in [0.4, 0.5) is 11.4 Å². The molecule has 0 heterocycles. The fourth-order valence-corrected chi connectivity index (χ4v) is 1.17. The Balaban J connectivity index is 2.89. The Kier molecular flexibility index (Phi) is 4.16. The van der Waals surface area contributed by atoms with Crippen LogP contribution in [0.25, 0.3) is 0 Å². The second kappa shape index (κ2) is 5.61. The van der Waals surface area contributed by atoms with E-state index in [1.807, 2.05) is 0 Å². The van der Waals surface area contributed by atoms with Gasteiger partial charge in [0.1, 0.15) is 0 Å². The van der Waals surface area contributed by atoms with Crippen molar-refractivity contribution in [2.45, 2.75) is 6.92 Å². The summed E-state index contributed by atoms with van der Waals surface area (Å²) in [5.74, 6) is 5.82. The van der Waals surface area contributed by atoms with Crippen LogP contribution in [-0.4, -0.2) is 18.6 Å². The molecule has 0 saturated heterocycles. The van der Waals surface area contributed by atoms with Crippen LogP contribution in [0.1, 0.15) is 6.92 Å². The predicted molar refractivity (Wildman–Crippen MR) is 61.6 cm³/mol. The van der Waals surface area contributed by atoms with Crippen molar-refractivity contribution >= 4 is 11.4 Å². The molecule has 0 aliphatic heterocycles. The summed E-state index contributed by atoms with van der Waals surface area (Å²) in [4.78, 5) is 10.2. The minimum absolute atomic E-state index is 0.0466. The second-order valence-corrected chi connectivity index (χ2v) is 2.92. The Hall–Kier alpha value is -2.22. The first-order valence-corrected chi connectivity index (χ1v) is 4.65. The minimum atomic E-state index is -0.478. The molecule has 84 valence electrons. The summed E-state index contributed by atoms with van der Waals surface area (Å²) in [6.45, 7) is 2.25. The van der Waals surface area contributed by atoms with Gasteiger partial charge in [-0.05, 0) is 13.0 Å². The molecular weight excluding hydrogens is 208 g/mol. The number of nitro groups is 1. The molecule has 5 nitrogen and oxygen atoms in total. The summed E-state index contributed by atoms with van der Waals surface area (Å²) in [6, 6.07) is 4.61. The highest BCUT2D eigenvalue weighted by molar-refractivity contribution is 5.58. The average Bonchev–Trinajstić information content (AvgIpc) is 2.29. The van der Waals surface area contributed by atoms with Gasteiger partial charge in [-0.15, -0.1) is 5.92 Å². The van der Waals surface area contributed by atoms with E-state index in [-0.39, 0.29) is 11.4 Å². The number of hydrogen-bond acceptors (Lipinski definition) is 4. The van der Waals surface area contributed by atoms with Gasteiger partial charge in [0, 0.05) is 17.8 Å². The summed E-state index contributed by atoms with van der Waals surface area (Å²) < 4.78 is 4.94. The first-order chi connectivity index (χ1) is 7.69. The summed E-state index contributed by atoms with van der Waals surface area (Å²) >= 11 is 0. The number of nitrogens with one attached hydrogen (secondary N) is 1. The summed E-state index contributed by atoms with van der Waals surface area (Å²) in [5.41, 5.74) is 0.694. The van der Waals surface area contributed by atoms with Crippen LogP contribution in [0.3, 0.4) is 0 Å². The van der Waals surface area contributed by atoms with Gasteiger partial charge in [0.05, 0.1) is 18.6 Å². The van der Waals surface area contributed by atoms with Gasteiger partial charge >= 0.3 is 5.69 Å². The van der Waals surface area contributed by atoms with Gasteiger partial charge in [-0.3, -0.25) is 10.1 Å². The first kappa shape index (κ1) is 11.9. The van der Waals surface area contributed by atoms with E-state index in [9.17, 15) is 10.1 Å². The van der Waals surface area contributed by atoms with E-state index in [0.29, 0.717) is 6.54 Å². The number of nitrogens with zero attached hydrogens (tertiary/aromatic N) is 1. The largest absolute Gasteiger partial charge is 0.490 e. The van der Waals surface area contributed by atoms with Gasteiger partial charge < -0.3 is 10.1 Å². The van der Waals surface area contributed by atoms with Crippen molar-refractivity contribution in [3.63, 3.8) is 0 Å². The zero-order valence-electron chi connectivity index (χ0n) is 9.11. The molecule has 0 unspecified atom stereocenters. The molecule has 0 atom stereocenters. The van der Waals surface area contributed by atoms with E-state index in [4.69, 9.17) is 4.74 Å². The summed E-state index contributed by atoms with van der Waals surface area (Å²) in [6.07, 6.45) is 0. The Labute approximate surface area is 93.6 Å². The van der Waals surface area contributed by atoms with Crippen molar-refractivity contribution in [1.82, 2.24) is 0 Å². The molecule has 1 aromatic carbocycles. The molecule has 0 aliphatic rings. The van der Waals surface area contributed by atoms with Gasteiger partial charge in [-0.25, -0.2) is 0 Å². The molecule has 0 saturated carbocycles. The number of benzene rings is 1. The highest BCUT2D eigenvalue weighted by Gasteiger charge is 2.14. The number of methoxy groups -OCH3 is 1. The van der Waals surface area contributed by atoms with Gasteiger partial charge in [-0.1, -0.05) is 5.92 Å². The quantitative estimate of drug-likeness (QED) is 0.479. The van der Waals surface area contributed by atoms with Crippen molar-refractivity contribution in [3.05, 3.63) is 28.3 Å². The molecule has 0 radical (unpaired) electrons. The van der Waals surface area contributed by atoms with Gasteiger partial charge in [-0.2, -0.15) is 0 Å². The third-order valence-corrected chi connectivity index (χ3v) is 1.93. The molecule has 0 bridgehead atoms. The number of ether oxygens (including phenoxy) is 1. The topological polar surface area (TPSA) is 64.4 Å². The zero-order valence-corrected chi connectivity index (χ0v) is 9.11. The van der Waals surface area contributed by atoms with Gasteiger partial charge in [0.2, 0.25) is 0 Å². The van der Waals surface area contributed by atoms with E-state index >= 15 is 0 Å². The maximum atomic E-state index is 10.6. The van der Waals surface area contributed by atoms with Gasteiger partial charge in [0.25, 0.3) is 0 Å². The monoisotopic (exact) mass is 220 g/mol. The normalized spacial score (nSPS) is 8.88. The molecule has 1 aromatic rings. The highest BCUT2D eigenvalue weighted by Crippen LogP contribution is 2.29. The average molecular weight is 220 g/mol. The van der Waals surface area contributed by atoms with E-state index < -0.39 is 4.92 Å². The SMILES string of the molecule is CC#CCNc1ccc([N+](=O)[O-])c(OC)c1. The van der Waals surface area contributed by atoms with Crippen molar-refractivity contribution < 1.29 is 9.66 Å². The van der Waals surface area contributed by atoms with Crippen molar-refractivity contribution in [1.29, 1.82) is 0 Å². The second-order valence-electron chi connectivity index (χ2n) is 2.92. The lowest BCUT2D eigenvalue weighted by Crippen LogP contribution is -2.00. The number of rotatable bonds is 4. The van der Waals surface area contributed by atoms with Crippen LogP contribution in [0, 0.1) is 22.0 Å². The molecule has 0 fully saturated rings. The molecule has 0 aromatic heterocycles. The Bertz CT molecular complexity index is 446. The van der Waals surface area contributed by atoms with E-state index in [1.54, 1.807) is 19.1 Å². The predicted octanol–water partition coefficient (Wildman–Crippen LogP) is 2.04. The third-order valence-electron chi connectivity index (χ3n) is 1.93. The summed E-state index contributed by atoms with van der Waals surface area (Å²) in [7, 11) is 1.40. The molecule has 0 aliphatic carbocycles. The van der Waals surface area contributed by atoms with Crippen LogP contribution in [0.2, 0.25) is 0 Å². The molecule has 5 heteroatoms. The van der Waals surface area contributed by atoms with Crippen LogP contribution in [0.5, 0.6) is 5.75 Å². The molecule has 0 spiro atoms. The Morgan fingerprint density at radius 2 is 2.31 bits per heavy atom. The molecule has 1 rings (SSSR count). The van der Waals surface area contributed by atoms with Crippen molar-refractivity contribution in [2.24, 2.45) is 0 Å². The van der Waals surface area contributed by atoms with Crippen LogP contribution in [-0.2, 0) is 0 Å². The fraction of sp³-hybridized carbons (Fsp3) is 0.273. The lowest BCUT2D eigenvalue weighted by molar-refractivity contribution is -0.385. The number of anilines is 1. The maximum absolute atomic E-state index is 10.6. The van der Waals surface area contributed by atoms with Crippen molar-refractivity contribution in [3.8, 4) is 17.6 Å². The Morgan fingerprint density at radius 3 is 2.88 bits per heavy atom. The first-order valence-electron chi connectivity index (χ1n) is 4.65. The number of nitro benzene ring substituents is 1. The molecule has 16 heavy (non-hydrogen) atoms. The third kappa shape index (κ3) is 2.89. The van der Waals surface area contributed by atoms with Crippen LogP contribution < -0.4 is 10.1 Å². The fourth-order valence-electron chi connectivity index (χ4n) is 1.17. The maximum Gasteiger partial charge on any atom is 0.311 e.